The van der Waals surface area contributed by atoms with Crippen molar-refractivity contribution in [2.24, 2.45) is 11.0 Å². The van der Waals surface area contributed by atoms with E-state index in [0.717, 1.165) is 11.1 Å². The van der Waals surface area contributed by atoms with Crippen molar-refractivity contribution in [2.75, 3.05) is 27.3 Å². The van der Waals surface area contributed by atoms with Gasteiger partial charge in [0.1, 0.15) is 12.4 Å². The van der Waals surface area contributed by atoms with E-state index in [9.17, 15) is 9.59 Å². The number of hydrazone groups is 1. The van der Waals surface area contributed by atoms with Crippen molar-refractivity contribution < 1.29 is 23.8 Å². The highest BCUT2D eigenvalue weighted by Gasteiger charge is 2.27. The molecular weight excluding hydrogens is 470 g/mol. The van der Waals surface area contributed by atoms with Crippen LogP contribution in [0.3, 0.4) is 0 Å². The number of hydrogen-bond donors (Lipinski definition) is 1. The second-order valence-electron chi connectivity index (χ2n) is 8.72. The number of nitrogens with zero attached hydrogens (tertiary/aromatic N) is 2. The molecule has 3 aromatic carbocycles. The Balaban J connectivity index is 1.26. The molecule has 0 aromatic heterocycles. The van der Waals surface area contributed by atoms with E-state index in [-0.39, 0.29) is 17.7 Å². The molecule has 0 bridgehead atoms. The standard InChI is InChI=1S/C29H31N3O5/c1-35-25-10-6-9-24(18-25)29(34)32-15-13-23(14-16-32)28(33)31-30-19-22-11-12-26(27(17-22)36-2)37-20-21-7-4-3-5-8-21/h3-12,17-19,23H,13-16,20H2,1-2H3,(H,31,33)/b30-19-. The molecule has 1 N–H and O–H groups in total. The smallest absolute Gasteiger partial charge is 0.253 e. The van der Waals surface area contributed by atoms with Crippen LogP contribution in [0.15, 0.2) is 77.9 Å². The number of ether oxygens (including phenoxy) is 3. The summed E-state index contributed by atoms with van der Waals surface area (Å²) in [4.78, 5) is 27.2. The Morgan fingerprint density at radius 3 is 2.46 bits per heavy atom. The van der Waals surface area contributed by atoms with Gasteiger partial charge in [-0.1, -0.05) is 36.4 Å². The molecular formula is C29H31N3O5. The van der Waals surface area contributed by atoms with Gasteiger partial charge in [0.2, 0.25) is 5.91 Å². The Hall–Kier alpha value is -4.33. The third kappa shape index (κ3) is 6.88. The second-order valence-corrected chi connectivity index (χ2v) is 8.72. The number of benzene rings is 3. The lowest BCUT2D eigenvalue weighted by Crippen LogP contribution is -2.42. The first-order valence-electron chi connectivity index (χ1n) is 12.2. The van der Waals surface area contributed by atoms with E-state index in [4.69, 9.17) is 14.2 Å². The maximum absolute atomic E-state index is 12.8. The van der Waals surface area contributed by atoms with E-state index >= 15 is 0 Å². The van der Waals surface area contributed by atoms with Gasteiger partial charge in [0.25, 0.3) is 5.91 Å². The van der Waals surface area contributed by atoms with Crippen LogP contribution in [0, 0.1) is 5.92 Å². The van der Waals surface area contributed by atoms with Crippen molar-refractivity contribution in [3.63, 3.8) is 0 Å². The zero-order valence-corrected chi connectivity index (χ0v) is 21.1. The molecule has 1 aliphatic rings. The molecule has 8 heteroatoms. The Morgan fingerprint density at radius 2 is 1.73 bits per heavy atom. The highest BCUT2D eigenvalue weighted by Crippen LogP contribution is 2.28. The fraction of sp³-hybridized carbons (Fsp3) is 0.276. The van der Waals surface area contributed by atoms with Crippen LogP contribution >= 0.6 is 0 Å². The summed E-state index contributed by atoms with van der Waals surface area (Å²) in [6.45, 7) is 1.46. The summed E-state index contributed by atoms with van der Waals surface area (Å²) in [5.74, 6) is 1.45. The van der Waals surface area contributed by atoms with Crippen molar-refractivity contribution in [1.29, 1.82) is 0 Å². The van der Waals surface area contributed by atoms with Crippen LogP contribution in [0.4, 0.5) is 0 Å². The van der Waals surface area contributed by atoms with Crippen molar-refractivity contribution in [3.8, 4) is 17.2 Å². The summed E-state index contributed by atoms with van der Waals surface area (Å²) in [5.41, 5.74) is 5.04. The summed E-state index contributed by atoms with van der Waals surface area (Å²) in [6.07, 6.45) is 2.74. The summed E-state index contributed by atoms with van der Waals surface area (Å²) in [5, 5.41) is 4.12. The summed E-state index contributed by atoms with van der Waals surface area (Å²) in [6, 6.07) is 22.5. The van der Waals surface area contributed by atoms with E-state index in [0.29, 0.717) is 55.4 Å². The highest BCUT2D eigenvalue weighted by atomic mass is 16.5. The minimum Gasteiger partial charge on any atom is -0.497 e. The predicted molar refractivity (Wildman–Crippen MR) is 141 cm³/mol. The van der Waals surface area contributed by atoms with Crippen LogP contribution in [-0.2, 0) is 11.4 Å². The first kappa shape index (κ1) is 25.8. The number of hydrogen-bond acceptors (Lipinski definition) is 6. The summed E-state index contributed by atoms with van der Waals surface area (Å²) < 4.78 is 16.5. The van der Waals surface area contributed by atoms with Gasteiger partial charge >= 0.3 is 0 Å². The monoisotopic (exact) mass is 501 g/mol. The predicted octanol–water partition coefficient (Wildman–Crippen LogP) is 4.29. The SMILES string of the molecule is COc1cccc(C(=O)N2CCC(C(=O)N/N=C\c3ccc(OCc4ccccc4)c(OC)c3)CC2)c1. The third-order valence-corrected chi connectivity index (χ3v) is 6.28. The maximum Gasteiger partial charge on any atom is 0.253 e. The van der Waals surface area contributed by atoms with Gasteiger partial charge in [0.05, 0.1) is 20.4 Å². The molecule has 4 rings (SSSR count). The highest BCUT2D eigenvalue weighted by molar-refractivity contribution is 5.95. The Labute approximate surface area is 216 Å². The van der Waals surface area contributed by atoms with E-state index in [1.54, 1.807) is 55.7 Å². The van der Waals surface area contributed by atoms with Gasteiger partial charge in [0.15, 0.2) is 11.5 Å². The number of piperidine rings is 1. The lowest BCUT2D eigenvalue weighted by Gasteiger charge is -2.31. The van der Waals surface area contributed by atoms with Gasteiger partial charge in [-0.25, -0.2) is 5.43 Å². The van der Waals surface area contributed by atoms with Crippen molar-refractivity contribution in [3.05, 3.63) is 89.5 Å². The molecule has 1 saturated heterocycles. The molecule has 2 amide bonds. The Bertz CT molecular complexity index is 1240. The minimum atomic E-state index is -0.199. The van der Waals surface area contributed by atoms with Gasteiger partial charge in [-0.3, -0.25) is 9.59 Å². The molecule has 1 heterocycles. The number of rotatable bonds is 9. The van der Waals surface area contributed by atoms with E-state index in [1.165, 1.54) is 0 Å². The number of carbonyl (C=O) groups is 2. The molecule has 0 saturated carbocycles. The van der Waals surface area contributed by atoms with Crippen LogP contribution in [0.2, 0.25) is 0 Å². The normalized spacial score (nSPS) is 13.8. The summed E-state index contributed by atoms with van der Waals surface area (Å²) >= 11 is 0. The van der Waals surface area contributed by atoms with Crippen LogP contribution in [0.5, 0.6) is 17.2 Å². The van der Waals surface area contributed by atoms with Crippen molar-refractivity contribution in [1.82, 2.24) is 10.3 Å². The number of methoxy groups -OCH3 is 2. The number of amides is 2. The fourth-order valence-corrected chi connectivity index (χ4v) is 4.16. The van der Waals surface area contributed by atoms with E-state index in [1.807, 2.05) is 42.5 Å². The van der Waals surface area contributed by atoms with Crippen LogP contribution < -0.4 is 19.6 Å². The lowest BCUT2D eigenvalue weighted by atomic mass is 9.95. The second kappa shape index (κ2) is 12.6. The van der Waals surface area contributed by atoms with Gasteiger partial charge in [-0.2, -0.15) is 5.10 Å². The summed E-state index contributed by atoms with van der Waals surface area (Å²) in [7, 11) is 3.15. The minimum absolute atomic E-state index is 0.0547. The Kier molecular flexibility index (Phi) is 8.75. The molecule has 8 nitrogen and oxygen atoms in total. The molecule has 0 radical (unpaired) electrons. The molecule has 0 aliphatic carbocycles. The Morgan fingerprint density at radius 1 is 0.946 bits per heavy atom. The largest absolute Gasteiger partial charge is 0.497 e. The molecule has 0 unspecified atom stereocenters. The van der Waals surface area contributed by atoms with E-state index in [2.05, 4.69) is 10.5 Å². The van der Waals surface area contributed by atoms with Gasteiger partial charge in [-0.15, -0.1) is 0 Å². The molecule has 1 fully saturated rings. The lowest BCUT2D eigenvalue weighted by molar-refractivity contribution is -0.126. The van der Waals surface area contributed by atoms with Gasteiger partial charge in [-0.05, 0) is 60.4 Å². The topological polar surface area (TPSA) is 89.5 Å². The molecule has 1 aliphatic heterocycles. The van der Waals surface area contributed by atoms with Gasteiger partial charge in [0, 0.05) is 24.6 Å². The quantitative estimate of drug-likeness (QED) is 0.349. The third-order valence-electron chi connectivity index (χ3n) is 6.28. The van der Waals surface area contributed by atoms with Crippen molar-refractivity contribution in [2.45, 2.75) is 19.4 Å². The van der Waals surface area contributed by atoms with E-state index < -0.39 is 0 Å². The van der Waals surface area contributed by atoms with Gasteiger partial charge < -0.3 is 19.1 Å². The number of nitrogens with one attached hydrogen (secondary N) is 1. The van der Waals surface area contributed by atoms with Crippen LogP contribution in [0.1, 0.15) is 34.3 Å². The van der Waals surface area contributed by atoms with Crippen molar-refractivity contribution >= 4 is 18.0 Å². The molecule has 3 aromatic rings. The number of likely N-dealkylation sites (tertiary alicyclic amines) is 1. The molecule has 37 heavy (non-hydrogen) atoms. The first-order chi connectivity index (χ1) is 18.1. The average Bonchev–Trinajstić information content (AvgIpc) is 2.96. The van der Waals surface area contributed by atoms with Crippen LogP contribution in [-0.4, -0.2) is 50.2 Å². The molecule has 192 valence electrons. The van der Waals surface area contributed by atoms with Crippen LogP contribution in [0.25, 0.3) is 0 Å². The fourth-order valence-electron chi connectivity index (χ4n) is 4.16. The molecule has 0 spiro atoms. The number of carbonyl (C=O) groups excluding carboxylic acids is 2. The zero-order valence-electron chi connectivity index (χ0n) is 21.1. The maximum atomic E-state index is 12.8. The average molecular weight is 502 g/mol. The molecule has 0 atom stereocenters. The zero-order chi connectivity index (χ0) is 26.0. The first-order valence-corrected chi connectivity index (χ1v) is 12.2.